The zero-order valence-corrected chi connectivity index (χ0v) is 11.1. The Morgan fingerprint density at radius 1 is 1.11 bits per heavy atom. The van der Waals surface area contributed by atoms with Crippen LogP contribution in [0.25, 0.3) is 0 Å². The maximum atomic E-state index is 13.5. The molecule has 0 aliphatic rings. The van der Waals surface area contributed by atoms with Crippen LogP contribution < -0.4 is 10.5 Å². The van der Waals surface area contributed by atoms with Crippen molar-refractivity contribution in [2.45, 2.75) is 6.61 Å². The van der Waals surface area contributed by atoms with Crippen LogP contribution in [-0.4, -0.2) is 0 Å². The molecule has 0 heterocycles. The third-order valence-electron chi connectivity index (χ3n) is 2.47. The topological polar surface area (TPSA) is 35.2 Å². The number of halogens is 4. The van der Waals surface area contributed by atoms with Gasteiger partial charge in [0.2, 0.25) is 0 Å². The molecule has 2 N–H and O–H groups in total. The van der Waals surface area contributed by atoms with Crippen molar-refractivity contribution in [3.63, 3.8) is 0 Å². The van der Waals surface area contributed by atoms with Crippen LogP contribution in [-0.2, 0) is 6.61 Å². The van der Waals surface area contributed by atoms with Gasteiger partial charge in [-0.1, -0.05) is 35.3 Å². The largest absolute Gasteiger partial charge is 0.486 e. The fraction of sp³-hybridized carbons (Fsp3) is 0.0769. The van der Waals surface area contributed by atoms with Crippen LogP contribution >= 0.6 is 23.2 Å². The summed E-state index contributed by atoms with van der Waals surface area (Å²) in [6, 6.07) is 6.75. The molecule has 0 saturated heterocycles. The molecule has 0 bridgehead atoms. The molecule has 0 radical (unpaired) electrons. The first-order chi connectivity index (χ1) is 8.99. The van der Waals surface area contributed by atoms with Crippen LogP contribution in [0.5, 0.6) is 5.75 Å². The van der Waals surface area contributed by atoms with Gasteiger partial charge in [0.25, 0.3) is 0 Å². The van der Waals surface area contributed by atoms with E-state index in [0.29, 0.717) is 15.6 Å². The van der Waals surface area contributed by atoms with E-state index in [1.807, 2.05) is 0 Å². The van der Waals surface area contributed by atoms with Gasteiger partial charge in [-0.2, -0.15) is 0 Å². The van der Waals surface area contributed by atoms with Crippen LogP contribution in [0.15, 0.2) is 30.3 Å². The number of hydrogen-bond acceptors (Lipinski definition) is 2. The summed E-state index contributed by atoms with van der Waals surface area (Å²) in [4.78, 5) is 0. The van der Waals surface area contributed by atoms with E-state index in [0.717, 1.165) is 12.1 Å². The minimum absolute atomic E-state index is 0.0281. The molecule has 0 aliphatic carbocycles. The second-order valence-corrected chi connectivity index (χ2v) is 4.59. The van der Waals surface area contributed by atoms with Crippen molar-refractivity contribution in [3.8, 4) is 5.75 Å². The van der Waals surface area contributed by atoms with Gasteiger partial charge in [-0.25, -0.2) is 8.78 Å². The number of rotatable bonds is 3. The molecule has 0 amide bonds. The highest BCUT2D eigenvalue weighted by atomic mass is 35.5. The Balaban J connectivity index is 2.19. The van der Waals surface area contributed by atoms with Gasteiger partial charge in [0.05, 0.1) is 15.7 Å². The van der Waals surface area contributed by atoms with Crippen molar-refractivity contribution in [2.24, 2.45) is 0 Å². The fourth-order valence-corrected chi connectivity index (χ4v) is 1.84. The summed E-state index contributed by atoms with van der Waals surface area (Å²) in [6.45, 7) is -0.0281. The smallest absolute Gasteiger partial charge is 0.167 e. The summed E-state index contributed by atoms with van der Waals surface area (Å²) < 4.78 is 31.9. The van der Waals surface area contributed by atoms with Gasteiger partial charge in [0.15, 0.2) is 11.6 Å². The van der Waals surface area contributed by atoms with E-state index < -0.39 is 11.6 Å². The minimum atomic E-state index is -0.742. The molecule has 2 rings (SSSR count). The second kappa shape index (κ2) is 5.63. The number of hydrogen-bond donors (Lipinski definition) is 1. The molecule has 0 unspecified atom stereocenters. The van der Waals surface area contributed by atoms with E-state index in [1.54, 1.807) is 18.2 Å². The molecule has 2 aromatic rings. The summed E-state index contributed by atoms with van der Waals surface area (Å²) in [6.07, 6.45) is 0. The van der Waals surface area contributed by atoms with Gasteiger partial charge >= 0.3 is 0 Å². The maximum Gasteiger partial charge on any atom is 0.167 e. The van der Waals surface area contributed by atoms with Gasteiger partial charge < -0.3 is 10.5 Å². The quantitative estimate of drug-likeness (QED) is 0.851. The predicted molar refractivity (Wildman–Crippen MR) is 71.6 cm³/mol. The lowest BCUT2D eigenvalue weighted by Crippen LogP contribution is -2.01. The highest BCUT2D eigenvalue weighted by Crippen LogP contribution is 2.28. The summed E-state index contributed by atoms with van der Waals surface area (Å²) in [5.74, 6) is -1.71. The molecule has 6 heteroatoms. The molecule has 0 atom stereocenters. The third-order valence-corrected chi connectivity index (χ3v) is 3.32. The first kappa shape index (κ1) is 13.9. The highest BCUT2D eigenvalue weighted by molar-refractivity contribution is 6.42. The second-order valence-electron chi connectivity index (χ2n) is 3.81. The average Bonchev–Trinajstić information content (AvgIpc) is 2.37. The highest BCUT2D eigenvalue weighted by Gasteiger charge is 2.11. The van der Waals surface area contributed by atoms with E-state index in [4.69, 9.17) is 33.7 Å². The SMILES string of the molecule is Nc1cc(F)c(OCc2cccc(Cl)c2Cl)cc1F. The van der Waals surface area contributed by atoms with Crippen LogP contribution in [0.1, 0.15) is 5.56 Å². The van der Waals surface area contributed by atoms with E-state index >= 15 is 0 Å². The van der Waals surface area contributed by atoms with Crippen molar-refractivity contribution in [1.82, 2.24) is 0 Å². The average molecular weight is 304 g/mol. The van der Waals surface area contributed by atoms with E-state index in [2.05, 4.69) is 0 Å². The van der Waals surface area contributed by atoms with Crippen LogP contribution in [0.3, 0.4) is 0 Å². The minimum Gasteiger partial charge on any atom is -0.486 e. The molecule has 100 valence electrons. The lowest BCUT2D eigenvalue weighted by Gasteiger charge is -2.10. The van der Waals surface area contributed by atoms with Gasteiger partial charge in [-0.15, -0.1) is 0 Å². The van der Waals surface area contributed by atoms with Crippen molar-refractivity contribution in [2.75, 3.05) is 5.73 Å². The number of anilines is 1. The molecular weight excluding hydrogens is 295 g/mol. The Labute approximate surface area is 118 Å². The Kier molecular flexibility index (Phi) is 4.12. The molecule has 0 aliphatic heterocycles. The Morgan fingerprint density at radius 2 is 1.84 bits per heavy atom. The van der Waals surface area contributed by atoms with Crippen LogP contribution in [0.4, 0.5) is 14.5 Å². The number of nitrogens with two attached hydrogens (primary N) is 1. The molecule has 0 fully saturated rings. The lowest BCUT2D eigenvalue weighted by molar-refractivity contribution is 0.289. The van der Waals surface area contributed by atoms with Crippen molar-refractivity contribution in [3.05, 3.63) is 57.6 Å². The van der Waals surface area contributed by atoms with E-state index in [1.165, 1.54) is 0 Å². The Hall–Kier alpha value is -1.52. The van der Waals surface area contributed by atoms with Crippen molar-refractivity contribution in [1.29, 1.82) is 0 Å². The predicted octanol–water partition coefficient (Wildman–Crippen LogP) is 4.43. The van der Waals surface area contributed by atoms with Gasteiger partial charge in [0, 0.05) is 17.7 Å². The van der Waals surface area contributed by atoms with E-state index in [-0.39, 0.29) is 18.0 Å². The monoisotopic (exact) mass is 303 g/mol. The molecule has 2 nitrogen and oxygen atoms in total. The summed E-state index contributed by atoms with van der Waals surface area (Å²) in [5, 5.41) is 0.687. The molecule has 0 aromatic heterocycles. The van der Waals surface area contributed by atoms with Crippen LogP contribution in [0.2, 0.25) is 10.0 Å². The molecule has 2 aromatic carbocycles. The number of benzene rings is 2. The zero-order chi connectivity index (χ0) is 14.0. The fourth-order valence-electron chi connectivity index (χ4n) is 1.47. The first-order valence-corrected chi connectivity index (χ1v) is 6.05. The van der Waals surface area contributed by atoms with Crippen molar-refractivity contribution >= 4 is 28.9 Å². The lowest BCUT2D eigenvalue weighted by atomic mass is 10.2. The van der Waals surface area contributed by atoms with Gasteiger partial charge in [0.1, 0.15) is 12.4 Å². The van der Waals surface area contributed by atoms with Gasteiger partial charge in [-0.3, -0.25) is 0 Å². The molecule has 19 heavy (non-hydrogen) atoms. The standard InChI is InChI=1S/C13H9Cl2F2NO/c14-8-3-1-2-7(13(8)15)6-19-12-5-9(16)11(18)4-10(12)17/h1-5H,6,18H2. The zero-order valence-electron chi connectivity index (χ0n) is 9.59. The van der Waals surface area contributed by atoms with Crippen molar-refractivity contribution < 1.29 is 13.5 Å². The summed E-state index contributed by atoms with van der Waals surface area (Å²) >= 11 is 11.8. The Morgan fingerprint density at radius 3 is 2.58 bits per heavy atom. The molecule has 0 spiro atoms. The normalized spacial score (nSPS) is 10.5. The van der Waals surface area contributed by atoms with Gasteiger partial charge in [-0.05, 0) is 6.07 Å². The van der Waals surface area contributed by atoms with Crippen LogP contribution in [0, 0.1) is 11.6 Å². The summed E-state index contributed by atoms with van der Waals surface area (Å²) in [5.41, 5.74) is 5.53. The molecule has 0 saturated carbocycles. The maximum absolute atomic E-state index is 13.5. The molecular formula is C13H9Cl2F2NO. The number of nitrogen functional groups attached to an aromatic ring is 1. The number of ether oxygens (including phenoxy) is 1. The summed E-state index contributed by atoms with van der Waals surface area (Å²) in [7, 11) is 0. The van der Waals surface area contributed by atoms with E-state index in [9.17, 15) is 8.78 Å². The Bertz CT molecular complexity index is 620. The third kappa shape index (κ3) is 3.08. The first-order valence-electron chi connectivity index (χ1n) is 5.29.